The van der Waals surface area contributed by atoms with Crippen LogP contribution in [0.1, 0.15) is 17.4 Å². The van der Waals surface area contributed by atoms with Gasteiger partial charge in [-0.05, 0) is 24.6 Å². The largest absolute Gasteiger partial charge is 0.371 e. The molecule has 1 aliphatic rings. The molecule has 1 aromatic heterocycles. The Balaban J connectivity index is 2.14. The normalized spacial score (nSPS) is 23.0. The Morgan fingerprint density at radius 1 is 1.62 bits per heavy atom. The lowest BCUT2D eigenvalue weighted by atomic mass is 10.1. The van der Waals surface area contributed by atoms with Crippen molar-refractivity contribution in [3.63, 3.8) is 0 Å². The van der Waals surface area contributed by atoms with Crippen LogP contribution in [0, 0.1) is 6.92 Å². The molecule has 1 N–H and O–H groups in total. The molecule has 1 aromatic rings. The topological polar surface area (TPSA) is 34.1 Å². The highest BCUT2D eigenvalue weighted by atomic mass is 16.5. The van der Waals surface area contributed by atoms with Gasteiger partial charge in [-0.3, -0.25) is 4.98 Å². The molecule has 1 atom stereocenters. The molecule has 2 heterocycles. The third kappa shape index (κ3) is 2.05. The molecule has 0 radical (unpaired) electrons. The predicted molar refractivity (Wildman–Crippen MR) is 50.5 cm³/mol. The summed E-state index contributed by atoms with van der Waals surface area (Å²) in [5.74, 6) is 0. The Morgan fingerprint density at radius 3 is 3.23 bits per heavy atom. The molecule has 70 valence electrons. The number of ether oxygens (including phenoxy) is 1. The third-order valence-electron chi connectivity index (χ3n) is 2.22. The van der Waals surface area contributed by atoms with Crippen molar-refractivity contribution in [2.45, 2.75) is 13.0 Å². The van der Waals surface area contributed by atoms with Gasteiger partial charge in [-0.25, -0.2) is 0 Å². The number of morpholine rings is 1. The Kier molecular flexibility index (Phi) is 2.57. The van der Waals surface area contributed by atoms with Gasteiger partial charge >= 0.3 is 0 Å². The van der Waals surface area contributed by atoms with Gasteiger partial charge in [0.2, 0.25) is 0 Å². The number of hydrogen-bond donors (Lipinski definition) is 1. The average molecular weight is 178 g/mol. The molecule has 1 saturated heterocycles. The maximum atomic E-state index is 5.63. The summed E-state index contributed by atoms with van der Waals surface area (Å²) in [6.07, 6.45) is 2.04. The number of rotatable bonds is 1. The minimum Gasteiger partial charge on any atom is -0.371 e. The molecule has 0 aliphatic carbocycles. The lowest BCUT2D eigenvalue weighted by Gasteiger charge is -2.23. The smallest absolute Gasteiger partial charge is 0.0951 e. The second-order valence-corrected chi connectivity index (χ2v) is 3.29. The van der Waals surface area contributed by atoms with E-state index < -0.39 is 0 Å². The van der Waals surface area contributed by atoms with Gasteiger partial charge in [0, 0.05) is 25.0 Å². The first kappa shape index (κ1) is 8.66. The van der Waals surface area contributed by atoms with Gasteiger partial charge in [0.1, 0.15) is 0 Å². The summed E-state index contributed by atoms with van der Waals surface area (Å²) in [6, 6.07) is 4.10. The van der Waals surface area contributed by atoms with Crippen molar-refractivity contribution in [3.8, 4) is 0 Å². The fourth-order valence-corrected chi connectivity index (χ4v) is 1.55. The summed E-state index contributed by atoms with van der Waals surface area (Å²) in [5.41, 5.74) is 2.27. The van der Waals surface area contributed by atoms with E-state index in [4.69, 9.17) is 4.74 Å². The maximum absolute atomic E-state index is 5.63. The highest BCUT2D eigenvalue weighted by Crippen LogP contribution is 2.18. The lowest BCUT2D eigenvalue weighted by molar-refractivity contribution is 0.0276. The molecule has 3 nitrogen and oxygen atoms in total. The predicted octanol–water partition coefficient (Wildman–Crippen LogP) is 1.05. The van der Waals surface area contributed by atoms with Crippen LogP contribution in [0.15, 0.2) is 18.3 Å². The Labute approximate surface area is 78.1 Å². The van der Waals surface area contributed by atoms with Gasteiger partial charge in [-0.2, -0.15) is 0 Å². The first-order valence-corrected chi connectivity index (χ1v) is 4.61. The van der Waals surface area contributed by atoms with E-state index >= 15 is 0 Å². The van der Waals surface area contributed by atoms with Crippen molar-refractivity contribution < 1.29 is 4.74 Å². The molecule has 0 amide bonds. The highest BCUT2D eigenvalue weighted by molar-refractivity contribution is 5.18. The number of aryl methyl sites for hydroxylation is 1. The zero-order valence-corrected chi connectivity index (χ0v) is 7.79. The molecule has 1 fully saturated rings. The fraction of sp³-hybridized carbons (Fsp3) is 0.500. The van der Waals surface area contributed by atoms with Crippen molar-refractivity contribution in [1.82, 2.24) is 10.3 Å². The van der Waals surface area contributed by atoms with Crippen LogP contribution in [0.2, 0.25) is 0 Å². The maximum Gasteiger partial charge on any atom is 0.0951 e. The molecule has 0 saturated carbocycles. The summed E-state index contributed by atoms with van der Waals surface area (Å²) < 4.78 is 5.63. The molecule has 2 rings (SSSR count). The van der Waals surface area contributed by atoms with Crippen molar-refractivity contribution in [2.75, 3.05) is 19.7 Å². The van der Waals surface area contributed by atoms with Crippen LogP contribution in [0.5, 0.6) is 0 Å². The summed E-state index contributed by atoms with van der Waals surface area (Å²) in [4.78, 5) is 4.16. The number of nitrogens with zero attached hydrogens (tertiary/aromatic N) is 1. The van der Waals surface area contributed by atoms with Crippen LogP contribution in [-0.4, -0.2) is 24.7 Å². The minimum atomic E-state index is 0.204. The van der Waals surface area contributed by atoms with Gasteiger partial charge in [0.15, 0.2) is 0 Å². The summed E-state index contributed by atoms with van der Waals surface area (Å²) in [5, 5.41) is 3.31. The molecular formula is C10H14N2O. The summed E-state index contributed by atoms with van der Waals surface area (Å²) >= 11 is 0. The molecule has 0 bridgehead atoms. The number of aromatic nitrogens is 1. The summed E-state index contributed by atoms with van der Waals surface area (Å²) in [6.45, 7) is 4.66. The molecule has 1 aliphatic heterocycles. The van der Waals surface area contributed by atoms with Gasteiger partial charge in [-0.1, -0.05) is 0 Å². The van der Waals surface area contributed by atoms with Crippen LogP contribution in [0.3, 0.4) is 0 Å². The monoisotopic (exact) mass is 178 g/mol. The Hall–Kier alpha value is -0.930. The van der Waals surface area contributed by atoms with Crippen molar-refractivity contribution in [3.05, 3.63) is 29.6 Å². The van der Waals surface area contributed by atoms with Gasteiger partial charge in [-0.15, -0.1) is 0 Å². The van der Waals surface area contributed by atoms with E-state index in [0.29, 0.717) is 0 Å². The second kappa shape index (κ2) is 3.85. The first-order valence-electron chi connectivity index (χ1n) is 4.61. The standard InChI is InChI=1S/C10H14N2O/c1-8-6-9(2-3-12-8)10-7-11-4-5-13-10/h2-3,6,10-11H,4-5,7H2,1H3/t10-/m0/s1. The summed E-state index contributed by atoms with van der Waals surface area (Å²) in [7, 11) is 0. The average Bonchev–Trinajstić information content (AvgIpc) is 2.19. The number of hydrogen-bond acceptors (Lipinski definition) is 3. The fourth-order valence-electron chi connectivity index (χ4n) is 1.55. The Bertz CT molecular complexity index is 282. The van der Waals surface area contributed by atoms with E-state index in [0.717, 1.165) is 25.4 Å². The number of pyridine rings is 1. The van der Waals surface area contributed by atoms with E-state index in [-0.39, 0.29) is 6.10 Å². The van der Waals surface area contributed by atoms with Crippen molar-refractivity contribution in [1.29, 1.82) is 0 Å². The quantitative estimate of drug-likeness (QED) is 0.698. The van der Waals surface area contributed by atoms with Crippen LogP contribution in [0.4, 0.5) is 0 Å². The van der Waals surface area contributed by atoms with Crippen molar-refractivity contribution >= 4 is 0 Å². The van der Waals surface area contributed by atoms with E-state index in [2.05, 4.69) is 16.4 Å². The Morgan fingerprint density at radius 2 is 2.54 bits per heavy atom. The molecule has 3 heteroatoms. The molecular weight excluding hydrogens is 164 g/mol. The zero-order valence-electron chi connectivity index (χ0n) is 7.79. The van der Waals surface area contributed by atoms with Crippen LogP contribution in [0.25, 0.3) is 0 Å². The highest BCUT2D eigenvalue weighted by Gasteiger charge is 2.15. The van der Waals surface area contributed by atoms with Gasteiger partial charge < -0.3 is 10.1 Å². The van der Waals surface area contributed by atoms with Crippen molar-refractivity contribution in [2.24, 2.45) is 0 Å². The van der Waals surface area contributed by atoms with E-state index in [1.54, 1.807) is 0 Å². The number of nitrogens with one attached hydrogen (secondary N) is 1. The lowest BCUT2D eigenvalue weighted by Crippen LogP contribution is -2.33. The van der Waals surface area contributed by atoms with E-state index in [1.807, 2.05) is 19.2 Å². The molecule has 0 unspecified atom stereocenters. The molecule has 13 heavy (non-hydrogen) atoms. The van der Waals surface area contributed by atoms with Gasteiger partial charge in [0.05, 0.1) is 12.7 Å². The van der Waals surface area contributed by atoms with Crippen LogP contribution in [-0.2, 0) is 4.74 Å². The van der Waals surface area contributed by atoms with E-state index in [9.17, 15) is 0 Å². The van der Waals surface area contributed by atoms with Gasteiger partial charge in [0.25, 0.3) is 0 Å². The van der Waals surface area contributed by atoms with E-state index in [1.165, 1.54) is 5.56 Å². The zero-order chi connectivity index (χ0) is 9.10. The second-order valence-electron chi connectivity index (χ2n) is 3.29. The molecule has 0 spiro atoms. The SMILES string of the molecule is Cc1cc([C@@H]2CNCCO2)ccn1. The third-order valence-corrected chi connectivity index (χ3v) is 2.22. The minimum absolute atomic E-state index is 0.204. The van der Waals surface area contributed by atoms with Crippen LogP contribution >= 0.6 is 0 Å². The molecule has 0 aromatic carbocycles. The van der Waals surface area contributed by atoms with Crippen LogP contribution < -0.4 is 5.32 Å². The first-order chi connectivity index (χ1) is 6.36.